The van der Waals surface area contributed by atoms with Crippen LogP contribution in [-0.4, -0.2) is 66.9 Å². The molecule has 1 amide bonds. The third-order valence-corrected chi connectivity index (χ3v) is 7.91. The van der Waals surface area contributed by atoms with E-state index in [1.54, 1.807) is 0 Å². The molecule has 6 heteroatoms. The van der Waals surface area contributed by atoms with E-state index in [-0.39, 0.29) is 17.9 Å². The topological polar surface area (TPSA) is 73.8 Å². The average Bonchev–Trinajstić information content (AvgIpc) is 3.33. The molecule has 0 spiro atoms. The summed E-state index contributed by atoms with van der Waals surface area (Å²) < 4.78 is 5.60. The zero-order valence-corrected chi connectivity index (χ0v) is 20.4. The Labute approximate surface area is 199 Å². The predicted octanol–water partition coefficient (Wildman–Crippen LogP) is 3.01. The molecule has 0 aromatic heterocycles. The standard InChI is InChI=1S/C27H43N3O3/c1-21-4-2-5-23(16-21)19-30-13-11-27(32,12-14-30)20-28-17-22-7-9-24(10-8-22)26(31)29-18-25-6-3-15-33-25/h2,4-5,16,22,24-25,28,32H,3,6-15,17-20H2,1H3,(H,29,31). The maximum atomic E-state index is 12.5. The second-order valence-corrected chi connectivity index (χ2v) is 10.7. The fraction of sp³-hybridized carbons (Fsp3) is 0.741. The van der Waals surface area contributed by atoms with Gasteiger partial charge in [0.2, 0.25) is 5.91 Å². The monoisotopic (exact) mass is 457 g/mol. The molecule has 1 unspecified atom stereocenters. The van der Waals surface area contributed by atoms with Crippen molar-refractivity contribution in [3.63, 3.8) is 0 Å². The number of rotatable bonds is 9. The van der Waals surface area contributed by atoms with Crippen molar-refractivity contribution in [2.45, 2.75) is 76.5 Å². The number of amides is 1. The van der Waals surface area contributed by atoms with Gasteiger partial charge in [-0.15, -0.1) is 0 Å². The molecule has 1 aliphatic carbocycles. The summed E-state index contributed by atoms with van der Waals surface area (Å²) in [5.74, 6) is 0.977. The molecule has 33 heavy (non-hydrogen) atoms. The Balaban J connectivity index is 1.09. The number of hydrogen-bond acceptors (Lipinski definition) is 5. The van der Waals surface area contributed by atoms with Crippen LogP contribution in [0.25, 0.3) is 0 Å². The summed E-state index contributed by atoms with van der Waals surface area (Å²) in [6, 6.07) is 8.71. The lowest BCUT2D eigenvalue weighted by molar-refractivity contribution is -0.126. The summed E-state index contributed by atoms with van der Waals surface area (Å²) in [6.07, 6.45) is 8.17. The summed E-state index contributed by atoms with van der Waals surface area (Å²) in [7, 11) is 0. The number of carbonyl (C=O) groups excluding carboxylic acids is 1. The first-order chi connectivity index (χ1) is 16.0. The molecule has 184 valence electrons. The van der Waals surface area contributed by atoms with E-state index in [0.29, 0.717) is 19.0 Å². The number of piperidine rings is 1. The third-order valence-electron chi connectivity index (χ3n) is 7.91. The van der Waals surface area contributed by atoms with Gasteiger partial charge in [-0.05, 0) is 76.3 Å². The van der Waals surface area contributed by atoms with Crippen LogP contribution in [0.5, 0.6) is 0 Å². The van der Waals surface area contributed by atoms with E-state index in [0.717, 1.165) is 84.2 Å². The van der Waals surface area contributed by atoms with Crippen molar-refractivity contribution in [1.29, 1.82) is 0 Å². The maximum Gasteiger partial charge on any atom is 0.223 e. The first kappa shape index (κ1) is 24.6. The van der Waals surface area contributed by atoms with Gasteiger partial charge in [0, 0.05) is 45.2 Å². The molecule has 1 saturated carbocycles. The Bertz CT molecular complexity index is 749. The van der Waals surface area contributed by atoms with Gasteiger partial charge < -0.3 is 20.5 Å². The Morgan fingerprint density at radius 1 is 1.15 bits per heavy atom. The van der Waals surface area contributed by atoms with E-state index in [9.17, 15) is 9.90 Å². The van der Waals surface area contributed by atoms with Gasteiger partial charge in [0.05, 0.1) is 11.7 Å². The van der Waals surface area contributed by atoms with Crippen molar-refractivity contribution in [3.05, 3.63) is 35.4 Å². The van der Waals surface area contributed by atoms with Gasteiger partial charge in [0.25, 0.3) is 0 Å². The van der Waals surface area contributed by atoms with Gasteiger partial charge in [0.15, 0.2) is 0 Å². The van der Waals surface area contributed by atoms with E-state index >= 15 is 0 Å². The Morgan fingerprint density at radius 3 is 2.64 bits per heavy atom. The normalized spacial score (nSPS) is 28.0. The average molecular weight is 458 g/mol. The number of likely N-dealkylation sites (tertiary alicyclic amines) is 1. The highest BCUT2D eigenvalue weighted by Crippen LogP contribution is 2.29. The summed E-state index contributed by atoms with van der Waals surface area (Å²) >= 11 is 0. The second kappa shape index (κ2) is 11.8. The molecule has 2 aliphatic heterocycles. The highest BCUT2D eigenvalue weighted by atomic mass is 16.5. The fourth-order valence-corrected chi connectivity index (χ4v) is 5.67. The summed E-state index contributed by atoms with van der Waals surface area (Å²) in [5.41, 5.74) is 2.07. The van der Waals surface area contributed by atoms with Crippen LogP contribution in [0.3, 0.4) is 0 Å². The molecule has 1 aromatic carbocycles. The number of nitrogens with one attached hydrogen (secondary N) is 2. The lowest BCUT2D eigenvalue weighted by Crippen LogP contribution is -2.50. The van der Waals surface area contributed by atoms with Gasteiger partial charge >= 0.3 is 0 Å². The van der Waals surface area contributed by atoms with Crippen molar-refractivity contribution in [2.24, 2.45) is 11.8 Å². The quantitative estimate of drug-likeness (QED) is 0.532. The minimum absolute atomic E-state index is 0.157. The predicted molar refractivity (Wildman–Crippen MR) is 131 cm³/mol. The van der Waals surface area contributed by atoms with E-state index in [1.165, 1.54) is 11.1 Å². The van der Waals surface area contributed by atoms with Gasteiger partial charge in [-0.25, -0.2) is 0 Å². The van der Waals surface area contributed by atoms with Crippen LogP contribution in [0.15, 0.2) is 24.3 Å². The van der Waals surface area contributed by atoms with E-state index in [1.807, 2.05) is 0 Å². The molecule has 3 fully saturated rings. The largest absolute Gasteiger partial charge is 0.388 e. The van der Waals surface area contributed by atoms with Crippen molar-refractivity contribution < 1.29 is 14.6 Å². The minimum Gasteiger partial charge on any atom is -0.388 e. The molecule has 2 saturated heterocycles. The van der Waals surface area contributed by atoms with Crippen LogP contribution in [0.2, 0.25) is 0 Å². The highest BCUT2D eigenvalue weighted by Gasteiger charge is 2.33. The van der Waals surface area contributed by atoms with E-state index < -0.39 is 5.60 Å². The Kier molecular flexibility index (Phi) is 8.80. The van der Waals surface area contributed by atoms with E-state index in [2.05, 4.69) is 46.7 Å². The molecule has 6 nitrogen and oxygen atoms in total. The second-order valence-electron chi connectivity index (χ2n) is 10.7. The SMILES string of the molecule is Cc1cccc(CN2CCC(O)(CNCC3CCC(C(=O)NCC4CCCO4)CC3)CC2)c1. The van der Waals surface area contributed by atoms with Crippen LogP contribution in [-0.2, 0) is 16.1 Å². The maximum absolute atomic E-state index is 12.5. The van der Waals surface area contributed by atoms with Crippen molar-refractivity contribution in [3.8, 4) is 0 Å². The van der Waals surface area contributed by atoms with Crippen LogP contribution >= 0.6 is 0 Å². The van der Waals surface area contributed by atoms with E-state index in [4.69, 9.17) is 4.74 Å². The molecular formula is C27H43N3O3. The van der Waals surface area contributed by atoms with Crippen LogP contribution in [0.4, 0.5) is 0 Å². The lowest BCUT2D eigenvalue weighted by Gasteiger charge is -2.39. The molecule has 0 bridgehead atoms. The highest BCUT2D eigenvalue weighted by molar-refractivity contribution is 5.78. The summed E-state index contributed by atoms with van der Waals surface area (Å²) in [5, 5.41) is 17.7. The van der Waals surface area contributed by atoms with Crippen LogP contribution < -0.4 is 10.6 Å². The number of benzene rings is 1. The molecule has 2 heterocycles. The van der Waals surface area contributed by atoms with Gasteiger partial charge in [0.1, 0.15) is 0 Å². The van der Waals surface area contributed by atoms with Gasteiger partial charge in [-0.1, -0.05) is 29.8 Å². The summed E-state index contributed by atoms with van der Waals surface area (Å²) in [6.45, 7) is 8.11. The first-order valence-corrected chi connectivity index (χ1v) is 13.1. The smallest absolute Gasteiger partial charge is 0.223 e. The number of aliphatic hydroxyl groups is 1. The van der Waals surface area contributed by atoms with Gasteiger partial charge in [-0.3, -0.25) is 9.69 Å². The number of carbonyl (C=O) groups is 1. The van der Waals surface area contributed by atoms with Crippen LogP contribution in [0.1, 0.15) is 62.5 Å². The molecular weight excluding hydrogens is 414 g/mol. The molecule has 1 aromatic rings. The zero-order chi connectivity index (χ0) is 23.1. The third kappa shape index (κ3) is 7.51. The number of aryl methyl sites for hydroxylation is 1. The summed E-state index contributed by atoms with van der Waals surface area (Å²) in [4.78, 5) is 14.9. The molecule has 3 N–H and O–H groups in total. The zero-order valence-electron chi connectivity index (χ0n) is 20.4. The molecule has 4 rings (SSSR count). The number of nitrogens with zero attached hydrogens (tertiary/aromatic N) is 1. The van der Waals surface area contributed by atoms with Gasteiger partial charge in [-0.2, -0.15) is 0 Å². The molecule has 1 atom stereocenters. The van der Waals surface area contributed by atoms with Crippen molar-refractivity contribution in [1.82, 2.24) is 15.5 Å². The Hall–Kier alpha value is -1.47. The Morgan fingerprint density at radius 2 is 1.94 bits per heavy atom. The first-order valence-electron chi connectivity index (χ1n) is 13.1. The van der Waals surface area contributed by atoms with Crippen molar-refractivity contribution >= 4 is 5.91 Å². The minimum atomic E-state index is -0.595. The van der Waals surface area contributed by atoms with Crippen LogP contribution in [0, 0.1) is 18.8 Å². The number of hydrogen-bond donors (Lipinski definition) is 3. The molecule has 3 aliphatic rings. The molecule has 0 radical (unpaired) electrons. The van der Waals surface area contributed by atoms with Crippen molar-refractivity contribution in [2.75, 3.05) is 39.3 Å². The fourth-order valence-electron chi connectivity index (χ4n) is 5.67. The number of ether oxygens (including phenoxy) is 1. The lowest BCUT2D eigenvalue weighted by atomic mass is 9.81.